The number of anilines is 1. The minimum atomic E-state index is -1.22. The average Bonchev–Trinajstić information content (AvgIpc) is 3.47. The molecule has 39 heavy (non-hydrogen) atoms. The van der Waals surface area contributed by atoms with Crippen molar-refractivity contribution in [1.82, 2.24) is 4.98 Å². The van der Waals surface area contributed by atoms with Gasteiger partial charge in [-0.15, -0.1) is 0 Å². The van der Waals surface area contributed by atoms with Gasteiger partial charge in [-0.05, 0) is 71.8 Å². The van der Waals surface area contributed by atoms with Gasteiger partial charge in [-0.1, -0.05) is 12.1 Å². The lowest BCUT2D eigenvalue weighted by molar-refractivity contribution is 0.0696. The molecule has 0 radical (unpaired) electrons. The van der Waals surface area contributed by atoms with Crippen molar-refractivity contribution in [3.8, 4) is 28.3 Å². The van der Waals surface area contributed by atoms with E-state index >= 15 is 0 Å². The molecule has 0 saturated carbocycles. The van der Waals surface area contributed by atoms with E-state index in [1.807, 2.05) is 0 Å². The molecule has 4 aromatic carbocycles. The number of carbonyl (C=O) groups is 3. The van der Waals surface area contributed by atoms with Crippen molar-refractivity contribution in [2.75, 3.05) is 12.0 Å². The number of hydrogen-bond acceptors (Lipinski definition) is 6. The molecule has 8 nitrogen and oxygen atoms in total. The van der Waals surface area contributed by atoms with Crippen LogP contribution in [-0.2, 0) is 0 Å². The number of fused-ring (bicyclic) bond motifs is 2. The number of carboxylic acids is 1. The summed E-state index contributed by atoms with van der Waals surface area (Å²) in [4.78, 5) is 43.2. The molecule has 192 valence electrons. The molecule has 0 unspecified atom stereocenters. The summed E-state index contributed by atoms with van der Waals surface area (Å²) in [5.41, 5.74) is 2.42. The van der Waals surface area contributed by atoms with Crippen LogP contribution in [0.3, 0.4) is 0 Å². The van der Waals surface area contributed by atoms with E-state index < -0.39 is 29.4 Å². The van der Waals surface area contributed by atoms with Gasteiger partial charge in [-0.25, -0.2) is 23.5 Å². The van der Waals surface area contributed by atoms with Gasteiger partial charge in [0.2, 0.25) is 5.89 Å². The fourth-order valence-corrected chi connectivity index (χ4v) is 4.50. The van der Waals surface area contributed by atoms with Crippen LogP contribution in [0.2, 0.25) is 0 Å². The second-order valence-corrected chi connectivity index (χ2v) is 8.73. The Bertz CT molecular complexity index is 1860. The zero-order chi connectivity index (χ0) is 27.4. The second-order valence-electron chi connectivity index (χ2n) is 8.73. The van der Waals surface area contributed by atoms with Gasteiger partial charge >= 0.3 is 5.97 Å². The van der Waals surface area contributed by atoms with E-state index in [4.69, 9.17) is 9.15 Å². The van der Waals surface area contributed by atoms with Gasteiger partial charge in [0.1, 0.15) is 11.3 Å². The minimum absolute atomic E-state index is 0.0287. The van der Waals surface area contributed by atoms with Crippen molar-refractivity contribution >= 4 is 34.6 Å². The number of hydrogen-bond donors (Lipinski definition) is 1. The first-order valence-corrected chi connectivity index (χ1v) is 11.6. The number of carbonyl (C=O) groups excluding carboxylic acids is 2. The van der Waals surface area contributed by atoms with Crippen LogP contribution >= 0.6 is 0 Å². The minimum Gasteiger partial charge on any atom is -0.495 e. The Kier molecular flexibility index (Phi) is 5.46. The Hall–Kier alpha value is -5.38. The Labute approximate surface area is 218 Å². The Balaban J connectivity index is 1.40. The van der Waals surface area contributed by atoms with Crippen LogP contribution in [0.1, 0.15) is 31.1 Å². The summed E-state index contributed by atoms with van der Waals surface area (Å²) >= 11 is 0. The van der Waals surface area contributed by atoms with E-state index in [-0.39, 0.29) is 34.0 Å². The second kappa shape index (κ2) is 8.88. The number of aromatic carboxylic acids is 1. The maximum absolute atomic E-state index is 13.7. The van der Waals surface area contributed by atoms with Gasteiger partial charge in [0.05, 0.1) is 29.5 Å². The highest BCUT2D eigenvalue weighted by Gasteiger charge is 2.39. The third-order valence-electron chi connectivity index (χ3n) is 6.44. The Morgan fingerprint density at radius 2 is 1.56 bits per heavy atom. The molecular formula is C29H16F2N2O6. The zero-order valence-corrected chi connectivity index (χ0v) is 20.1. The fraction of sp³-hybridized carbons (Fsp3) is 0.0345. The predicted octanol–water partition coefficient (Wildman–Crippen LogP) is 5.95. The van der Waals surface area contributed by atoms with E-state index in [0.29, 0.717) is 27.8 Å². The number of halogens is 2. The standard InChI is InChI=1S/C29H16F2N2O6/c1-38-25-9-5-16(13-23(25)33-27(34)18-6-2-17(29(36)37)10-19(18)28(33)35)26-32-22-12-15(4-8-24(22)39-26)14-3-7-20(30)21(31)11-14/h2-13H,1H3,(H,36,37). The average molecular weight is 526 g/mol. The highest BCUT2D eigenvalue weighted by Crippen LogP contribution is 2.39. The van der Waals surface area contributed by atoms with Gasteiger partial charge in [0.25, 0.3) is 11.8 Å². The van der Waals surface area contributed by atoms with Gasteiger partial charge < -0.3 is 14.3 Å². The molecule has 0 bridgehead atoms. The maximum atomic E-state index is 13.7. The fourth-order valence-electron chi connectivity index (χ4n) is 4.50. The van der Waals surface area contributed by atoms with E-state index in [0.717, 1.165) is 17.0 Å². The van der Waals surface area contributed by atoms with E-state index in [1.165, 1.54) is 37.4 Å². The highest BCUT2D eigenvalue weighted by molar-refractivity contribution is 6.35. The summed E-state index contributed by atoms with van der Waals surface area (Å²) in [7, 11) is 1.39. The number of benzene rings is 4. The number of oxazole rings is 1. The number of carboxylic acid groups (broad SMARTS) is 1. The Morgan fingerprint density at radius 3 is 2.31 bits per heavy atom. The molecule has 2 heterocycles. The third kappa shape index (κ3) is 3.89. The van der Waals surface area contributed by atoms with Crippen LogP contribution in [0.5, 0.6) is 5.75 Å². The van der Waals surface area contributed by atoms with Crippen molar-refractivity contribution in [1.29, 1.82) is 0 Å². The molecule has 10 heteroatoms. The van der Waals surface area contributed by atoms with Crippen molar-refractivity contribution in [2.45, 2.75) is 0 Å². The summed E-state index contributed by atoms with van der Waals surface area (Å²) < 4.78 is 38.4. The van der Waals surface area contributed by atoms with Crippen molar-refractivity contribution in [2.24, 2.45) is 0 Å². The molecule has 1 N–H and O–H groups in total. The highest BCUT2D eigenvalue weighted by atomic mass is 19.2. The monoisotopic (exact) mass is 526 g/mol. The normalized spacial score (nSPS) is 12.7. The zero-order valence-electron chi connectivity index (χ0n) is 20.1. The molecule has 0 fully saturated rings. The SMILES string of the molecule is COc1ccc(-c2nc3cc(-c4ccc(F)c(F)c4)ccc3o2)cc1N1C(=O)c2ccc(C(=O)O)cc2C1=O. The molecular weight excluding hydrogens is 510 g/mol. The van der Waals surface area contributed by atoms with E-state index in [2.05, 4.69) is 4.98 Å². The van der Waals surface area contributed by atoms with Gasteiger partial charge in [-0.3, -0.25) is 9.59 Å². The number of methoxy groups -OCH3 is 1. The topological polar surface area (TPSA) is 110 Å². The number of imide groups is 1. The molecule has 0 atom stereocenters. The third-order valence-corrected chi connectivity index (χ3v) is 6.44. The molecule has 1 aliphatic rings. The summed E-state index contributed by atoms with van der Waals surface area (Å²) in [5, 5.41) is 9.28. The quantitative estimate of drug-likeness (QED) is 0.282. The van der Waals surface area contributed by atoms with E-state index in [1.54, 1.807) is 30.3 Å². The lowest BCUT2D eigenvalue weighted by Gasteiger charge is -2.18. The van der Waals surface area contributed by atoms with Gasteiger partial charge in [0.15, 0.2) is 17.2 Å². The first-order chi connectivity index (χ1) is 18.7. The first kappa shape index (κ1) is 24.0. The smallest absolute Gasteiger partial charge is 0.335 e. The first-order valence-electron chi connectivity index (χ1n) is 11.6. The molecule has 2 amide bonds. The number of rotatable bonds is 5. The van der Waals surface area contributed by atoms with E-state index in [9.17, 15) is 28.3 Å². The van der Waals surface area contributed by atoms with Crippen molar-refractivity contribution in [3.63, 3.8) is 0 Å². The molecule has 1 aromatic heterocycles. The van der Waals surface area contributed by atoms with Crippen LogP contribution in [0.25, 0.3) is 33.7 Å². The van der Waals surface area contributed by atoms with Crippen molar-refractivity contribution < 1.29 is 37.4 Å². The molecule has 0 spiro atoms. The molecule has 0 aliphatic carbocycles. The van der Waals surface area contributed by atoms with Crippen LogP contribution in [0, 0.1) is 11.6 Å². The molecule has 0 saturated heterocycles. The number of ether oxygens (including phenoxy) is 1. The number of amides is 2. The maximum Gasteiger partial charge on any atom is 0.335 e. The molecule has 6 rings (SSSR count). The van der Waals surface area contributed by atoms with Crippen LogP contribution in [0.4, 0.5) is 14.5 Å². The predicted molar refractivity (Wildman–Crippen MR) is 136 cm³/mol. The summed E-state index contributed by atoms with van der Waals surface area (Å²) in [5.74, 6) is -4.05. The number of aromatic nitrogens is 1. The molecule has 5 aromatic rings. The summed E-state index contributed by atoms with van der Waals surface area (Å²) in [6, 6.07) is 17.0. The van der Waals surface area contributed by atoms with Gasteiger partial charge in [-0.2, -0.15) is 0 Å². The van der Waals surface area contributed by atoms with Crippen LogP contribution in [-0.4, -0.2) is 35.0 Å². The number of nitrogens with zero attached hydrogens (tertiary/aromatic N) is 2. The lowest BCUT2D eigenvalue weighted by Crippen LogP contribution is -2.29. The largest absolute Gasteiger partial charge is 0.495 e. The Morgan fingerprint density at radius 1 is 0.846 bits per heavy atom. The summed E-state index contributed by atoms with van der Waals surface area (Å²) in [6.07, 6.45) is 0. The van der Waals surface area contributed by atoms with Crippen LogP contribution < -0.4 is 9.64 Å². The lowest BCUT2D eigenvalue weighted by atomic mass is 10.1. The van der Waals surface area contributed by atoms with Crippen LogP contribution in [0.15, 0.2) is 77.2 Å². The molecule has 1 aliphatic heterocycles. The van der Waals surface area contributed by atoms with Gasteiger partial charge in [0, 0.05) is 5.56 Å². The summed E-state index contributed by atoms with van der Waals surface area (Å²) in [6.45, 7) is 0. The van der Waals surface area contributed by atoms with Crippen molar-refractivity contribution in [3.05, 3.63) is 101 Å².